The monoisotopic (exact) mass is 345 g/mol. The van der Waals surface area contributed by atoms with Crippen LogP contribution in [0, 0.1) is 0 Å². The van der Waals surface area contributed by atoms with Crippen molar-refractivity contribution in [1.82, 2.24) is 4.90 Å². The van der Waals surface area contributed by atoms with Gasteiger partial charge in [0.1, 0.15) is 0 Å². The van der Waals surface area contributed by atoms with E-state index in [0.29, 0.717) is 29.2 Å². The average molecular weight is 345 g/mol. The van der Waals surface area contributed by atoms with Gasteiger partial charge in [-0.1, -0.05) is 12.1 Å². The molecule has 6 nitrogen and oxygen atoms in total. The van der Waals surface area contributed by atoms with Crippen LogP contribution in [0.5, 0.6) is 0 Å². The lowest BCUT2D eigenvalue weighted by Gasteiger charge is -2.20. The second kappa shape index (κ2) is 7.74. The van der Waals surface area contributed by atoms with Crippen LogP contribution in [-0.2, 0) is 0 Å². The predicted octanol–water partition coefficient (Wildman–Crippen LogP) is 2.58. The smallest absolute Gasteiger partial charge is 0.265 e. The third-order valence-corrected chi connectivity index (χ3v) is 4.49. The van der Waals surface area contributed by atoms with Crippen LogP contribution in [0.1, 0.15) is 44.2 Å². The van der Waals surface area contributed by atoms with Gasteiger partial charge in [-0.15, -0.1) is 11.3 Å². The highest BCUT2D eigenvalue weighted by molar-refractivity contribution is 7.12. The van der Waals surface area contributed by atoms with E-state index in [1.807, 2.05) is 13.8 Å². The molecule has 3 N–H and O–H groups in total. The minimum atomic E-state index is -0.581. The molecule has 0 fully saturated rings. The molecule has 0 spiro atoms. The van der Waals surface area contributed by atoms with Crippen molar-refractivity contribution in [2.45, 2.75) is 13.8 Å². The van der Waals surface area contributed by atoms with Crippen LogP contribution in [0.4, 0.5) is 5.69 Å². The number of nitrogens with one attached hydrogen (secondary N) is 1. The maximum atomic E-state index is 12.6. The van der Waals surface area contributed by atoms with Crippen molar-refractivity contribution in [3.63, 3.8) is 0 Å². The first kappa shape index (κ1) is 17.7. The van der Waals surface area contributed by atoms with E-state index < -0.39 is 5.91 Å². The first-order chi connectivity index (χ1) is 11.5. The van der Waals surface area contributed by atoms with Gasteiger partial charge in [0.05, 0.1) is 21.7 Å². The molecule has 1 aromatic carbocycles. The molecule has 2 aromatic rings. The zero-order valence-corrected chi connectivity index (χ0v) is 14.4. The zero-order chi connectivity index (χ0) is 17.7. The molecule has 0 bridgehead atoms. The van der Waals surface area contributed by atoms with Gasteiger partial charge >= 0.3 is 0 Å². The fourth-order valence-corrected chi connectivity index (χ4v) is 3.02. The van der Waals surface area contributed by atoms with Crippen molar-refractivity contribution >= 4 is 34.7 Å². The van der Waals surface area contributed by atoms with Crippen LogP contribution in [0.3, 0.4) is 0 Å². The first-order valence-corrected chi connectivity index (χ1v) is 8.43. The molecule has 24 heavy (non-hydrogen) atoms. The Morgan fingerprint density at radius 1 is 1.17 bits per heavy atom. The van der Waals surface area contributed by atoms with E-state index in [9.17, 15) is 14.4 Å². The number of hydrogen-bond donors (Lipinski definition) is 2. The maximum Gasteiger partial charge on any atom is 0.265 e. The second-order valence-corrected chi connectivity index (χ2v) is 5.95. The lowest BCUT2D eigenvalue weighted by Crippen LogP contribution is -2.31. The maximum absolute atomic E-state index is 12.6. The summed E-state index contributed by atoms with van der Waals surface area (Å²) in [6.45, 7) is 4.98. The van der Waals surface area contributed by atoms with E-state index in [1.54, 1.807) is 29.2 Å². The highest BCUT2D eigenvalue weighted by Gasteiger charge is 2.19. The van der Waals surface area contributed by atoms with E-state index in [4.69, 9.17) is 5.73 Å². The standard InChI is InChI=1S/C17H19N3O3S/c1-3-20(4-2)17(23)12-7-5-6-8-13(12)19-16(22)14-9-11(10-24-14)15(18)21/h5-10H,3-4H2,1-2H3,(H2,18,21)(H,19,22). The number of amides is 3. The molecular formula is C17H19N3O3S. The second-order valence-electron chi connectivity index (χ2n) is 5.04. The molecule has 0 saturated carbocycles. The Morgan fingerprint density at radius 2 is 1.83 bits per heavy atom. The van der Waals surface area contributed by atoms with E-state index in [-0.39, 0.29) is 17.4 Å². The number of anilines is 1. The Morgan fingerprint density at radius 3 is 2.42 bits per heavy atom. The molecule has 0 aliphatic heterocycles. The van der Waals surface area contributed by atoms with Crippen LogP contribution in [0.15, 0.2) is 35.7 Å². The molecule has 0 aliphatic carbocycles. The molecule has 0 unspecified atom stereocenters. The average Bonchev–Trinajstić information content (AvgIpc) is 3.07. The van der Waals surface area contributed by atoms with E-state index in [0.717, 1.165) is 11.3 Å². The van der Waals surface area contributed by atoms with Crippen LogP contribution in [0.2, 0.25) is 0 Å². The third kappa shape index (κ3) is 3.80. The summed E-state index contributed by atoms with van der Waals surface area (Å²) in [6.07, 6.45) is 0. The van der Waals surface area contributed by atoms with Gasteiger partial charge in [-0.2, -0.15) is 0 Å². The molecule has 126 valence electrons. The minimum absolute atomic E-state index is 0.139. The van der Waals surface area contributed by atoms with Crippen molar-refractivity contribution < 1.29 is 14.4 Å². The number of nitrogens with two attached hydrogens (primary N) is 1. The van der Waals surface area contributed by atoms with Gasteiger partial charge in [0.2, 0.25) is 5.91 Å². The van der Waals surface area contributed by atoms with Crippen LogP contribution < -0.4 is 11.1 Å². The van der Waals surface area contributed by atoms with Gasteiger partial charge in [-0.05, 0) is 32.0 Å². The first-order valence-electron chi connectivity index (χ1n) is 7.55. The summed E-state index contributed by atoms with van der Waals surface area (Å²) in [4.78, 5) is 38.1. The van der Waals surface area contributed by atoms with Gasteiger partial charge in [-0.3, -0.25) is 14.4 Å². The number of primary amides is 1. The number of thiophene rings is 1. The lowest BCUT2D eigenvalue weighted by molar-refractivity contribution is 0.0773. The molecule has 1 aromatic heterocycles. The van der Waals surface area contributed by atoms with Crippen LogP contribution >= 0.6 is 11.3 Å². The van der Waals surface area contributed by atoms with Crippen LogP contribution in [0.25, 0.3) is 0 Å². The van der Waals surface area contributed by atoms with E-state index >= 15 is 0 Å². The molecule has 7 heteroatoms. The van der Waals surface area contributed by atoms with Gasteiger partial charge in [-0.25, -0.2) is 0 Å². The molecule has 0 saturated heterocycles. The Balaban J connectivity index is 2.24. The normalized spacial score (nSPS) is 10.2. The summed E-state index contributed by atoms with van der Waals surface area (Å²) >= 11 is 1.13. The molecular weight excluding hydrogens is 326 g/mol. The zero-order valence-electron chi connectivity index (χ0n) is 13.5. The minimum Gasteiger partial charge on any atom is -0.366 e. The van der Waals surface area contributed by atoms with Crippen molar-refractivity contribution in [2.24, 2.45) is 5.73 Å². The quantitative estimate of drug-likeness (QED) is 0.843. The van der Waals surface area contributed by atoms with Crippen molar-refractivity contribution in [3.8, 4) is 0 Å². The Hall–Kier alpha value is -2.67. The summed E-state index contributed by atoms with van der Waals surface area (Å²) in [7, 11) is 0. The third-order valence-electron chi connectivity index (χ3n) is 3.56. The highest BCUT2D eigenvalue weighted by Crippen LogP contribution is 2.21. The number of carbonyl (C=O) groups excluding carboxylic acids is 3. The summed E-state index contributed by atoms with van der Waals surface area (Å²) in [5.41, 5.74) is 6.35. The summed E-state index contributed by atoms with van der Waals surface area (Å²) < 4.78 is 0. The molecule has 0 radical (unpaired) electrons. The van der Waals surface area contributed by atoms with Crippen LogP contribution in [-0.4, -0.2) is 35.7 Å². The molecule has 1 heterocycles. The number of hydrogen-bond acceptors (Lipinski definition) is 4. The Kier molecular flexibility index (Phi) is 5.70. The summed E-state index contributed by atoms with van der Waals surface area (Å²) in [5.74, 6) is -1.10. The van der Waals surface area contributed by atoms with E-state index in [1.165, 1.54) is 11.4 Å². The fourth-order valence-electron chi connectivity index (χ4n) is 2.23. The topological polar surface area (TPSA) is 92.5 Å². The molecule has 0 aliphatic rings. The Labute approximate surface area is 144 Å². The van der Waals surface area contributed by atoms with Gasteiger partial charge in [0.25, 0.3) is 11.8 Å². The number of benzene rings is 1. The summed E-state index contributed by atoms with van der Waals surface area (Å²) in [6, 6.07) is 8.30. The molecule has 3 amide bonds. The largest absolute Gasteiger partial charge is 0.366 e. The van der Waals surface area contributed by atoms with Crippen molar-refractivity contribution in [1.29, 1.82) is 0 Å². The highest BCUT2D eigenvalue weighted by atomic mass is 32.1. The lowest BCUT2D eigenvalue weighted by atomic mass is 10.1. The number of nitrogens with zero attached hydrogens (tertiary/aromatic N) is 1. The Bertz CT molecular complexity index is 766. The van der Waals surface area contributed by atoms with Gasteiger partial charge < -0.3 is 16.0 Å². The van der Waals surface area contributed by atoms with Gasteiger partial charge in [0.15, 0.2) is 0 Å². The number of rotatable bonds is 6. The van der Waals surface area contributed by atoms with Crippen molar-refractivity contribution in [3.05, 3.63) is 51.7 Å². The number of para-hydroxylation sites is 1. The SMILES string of the molecule is CCN(CC)C(=O)c1ccccc1NC(=O)c1cc(C(N)=O)cs1. The summed E-state index contributed by atoms with van der Waals surface area (Å²) in [5, 5.41) is 4.27. The number of carbonyl (C=O) groups is 3. The molecule has 2 rings (SSSR count). The van der Waals surface area contributed by atoms with Crippen molar-refractivity contribution in [2.75, 3.05) is 18.4 Å². The fraction of sp³-hybridized carbons (Fsp3) is 0.235. The molecule has 0 atom stereocenters. The van der Waals surface area contributed by atoms with Gasteiger partial charge in [0, 0.05) is 18.5 Å². The van der Waals surface area contributed by atoms with E-state index in [2.05, 4.69) is 5.32 Å². The predicted molar refractivity (Wildman–Crippen MR) is 94.5 cm³/mol.